The monoisotopic (exact) mass is 346 g/mol. The van der Waals surface area contributed by atoms with Crippen molar-refractivity contribution >= 4 is 11.6 Å². The minimum Gasteiger partial charge on any atom is -0.497 e. The van der Waals surface area contributed by atoms with E-state index in [9.17, 15) is 10.1 Å². The van der Waals surface area contributed by atoms with Gasteiger partial charge in [-0.05, 0) is 48.9 Å². The van der Waals surface area contributed by atoms with Crippen LogP contribution in [0.25, 0.3) is 0 Å². The molecule has 0 aliphatic heterocycles. The number of nitrogens with zero attached hydrogens (tertiary/aromatic N) is 2. The second-order valence-electron chi connectivity index (χ2n) is 5.47. The molecule has 0 aliphatic rings. The normalized spacial score (nSPS) is 11.6. The van der Waals surface area contributed by atoms with E-state index in [0.717, 1.165) is 11.3 Å². The van der Waals surface area contributed by atoms with E-state index in [-0.39, 0.29) is 11.6 Å². The molecule has 2 rings (SSSR count). The zero-order chi connectivity index (χ0) is 18.9. The lowest BCUT2D eigenvalue weighted by Crippen LogP contribution is -2.28. The Bertz CT molecular complexity index is 872. The molecule has 2 N–H and O–H groups in total. The van der Waals surface area contributed by atoms with Crippen molar-refractivity contribution in [2.45, 2.75) is 13.0 Å². The summed E-state index contributed by atoms with van der Waals surface area (Å²) in [5.41, 5.74) is 2.06. The molecule has 1 atom stereocenters. The third-order valence-corrected chi connectivity index (χ3v) is 3.73. The first-order chi connectivity index (χ1) is 12.6. The van der Waals surface area contributed by atoms with Gasteiger partial charge in [-0.3, -0.25) is 4.79 Å². The van der Waals surface area contributed by atoms with Gasteiger partial charge in [-0.1, -0.05) is 12.1 Å². The van der Waals surface area contributed by atoms with Crippen molar-refractivity contribution in [3.8, 4) is 17.9 Å². The van der Waals surface area contributed by atoms with Crippen molar-refractivity contribution < 1.29 is 9.53 Å². The molecule has 0 aromatic heterocycles. The first-order valence-electron chi connectivity index (χ1n) is 7.89. The predicted octanol–water partition coefficient (Wildman–Crippen LogP) is 3.26. The summed E-state index contributed by atoms with van der Waals surface area (Å²) in [5.74, 6) is 0.258. The van der Waals surface area contributed by atoms with Gasteiger partial charge in [-0.15, -0.1) is 0 Å². The summed E-state index contributed by atoms with van der Waals surface area (Å²) in [4.78, 5) is 12.3. The van der Waals surface area contributed by atoms with E-state index in [2.05, 4.69) is 10.6 Å². The van der Waals surface area contributed by atoms with Gasteiger partial charge in [0.25, 0.3) is 5.91 Å². The van der Waals surface area contributed by atoms with Crippen LogP contribution in [-0.4, -0.2) is 13.0 Å². The fourth-order valence-electron chi connectivity index (χ4n) is 2.20. The Labute approximate surface area is 152 Å². The summed E-state index contributed by atoms with van der Waals surface area (Å²) in [6.45, 7) is 1.84. The molecular formula is C20H18N4O2. The Morgan fingerprint density at radius 2 is 1.77 bits per heavy atom. The van der Waals surface area contributed by atoms with E-state index in [4.69, 9.17) is 10.00 Å². The number of anilines is 1. The second kappa shape index (κ2) is 8.91. The lowest BCUT2D eigenvalue weighted by molar-refractivity contribution is -0.117. The highest BCUT2D eigenvalue weighted by atomic mass is 16.5. The van der Waals surface area contributed by atoms with Crippen LogP contribution >= 0.6 is 0 Å². The summed E-state index contributed by atoms with van der Waals surface area (Å²) < 4.78 is 5.11. The third-order valence-electron chi connectivity index (χ3n) is 3.73. The second-order valence-corrected chi connectivity index (χ2v) is 5.47. The summed E-state index contributed by atoms with van der Waals surface area (Å²) >= 11 is 0. The largest absolute Gasteiger partial charge is 0.497 e. The maximum atomic E-state index is 12.3. The molecule has 0 heterocycles. The topological polar surface area (TPSA) is 97.9 Å². The molecule has 0 bridgehead atoms. The van der Waals surface area contributed by atoms with E-state index in [1.807, 2.05) is 43.3 Å². The first-order valence-corrected chi connectivity index (χ1v) is 7.89. The van der Waals surface area contributed by atoms with Gasteiger partial charge in [-0.2, -0.15) is 10.5 Å². The number of hydrogen-bond acceptors (Lipinski definition) is 5. The number of benzene rings is 2. The average Bonchev–Trinajstić information content (AvgIpc) is 2.69. The number of hydrogen-bond donors (Lipinski definition) is 2. The number of amides is 1. The van der Waals surface area contributed by atoms with Crippen molar-refractivity contribution in [3.05, 3.63) is 71.4 Å². The van der Waals surface area contributed by atoms with Gasteiger partial charge in [0, 0.05) is 11.9 Å². The van der Waals surface area contributed by atoms with Gasteiger partial charge >= 0.3 is 0 Å². The lowest BCUT2D eigenvalue weighted by Gasteiger charge is -2.14. The van der Waals surface area contributed by atoms with Crippen LogP contribution in [-0.2, 0) is 4.79 Å². The number of carbonyl (C=O) groups is 1. The molecule has 6 heteroatoms. The number of carbonyl (C=O) groups excluding carboxylic acids is 1. The number of methoxy groups -OCH3 is 1. The molecule has 0 radical (unpaired) electrons. The maximum Gasteiger partial charge on any atom is 0.263 e. The lowest BCUT2D eigenvalue weighted by atomic mass is 10.1. The molecule has 0 fully saturated rings. The standard InChI is InChI=1S/C20H18N4O2/c1-14(16-5-9-19(26-2)10-6-16)24-20(25)17(12-22)13-23-18-7-3-15(11-21)4-8-18/h3-10,13-14,23H,1-2H3,(H,24,25)/b17-13-. The van der Waals surface area contributed by atoms with Gasteiger partial charge < -0.3 is 15.4 Å². The molecule has 1 amide bonds. The van der Waals surface area contributed by atoms with E-state index < -0.39 is 5.91 Å². The highest BCUT2D eigenvalue weighted by Gasteiger charge is 2.13. The molecule has 0 spiro atoms. The summed E-state index contributed by atoms with van der Waals surface area (Å²) in [6.07, 6.45) is 1.34. The zero-order valence-electron chi connectivity index (χ0n) is 14.5. The van der Waals surface area contributed by atoms with Crippen LogP contribution < -0.4 is 15.4 Å². The summed E-state index contributed by atoms with van der Waals surface area (Å²) in [5, 5.41) is 23.7. The van der Waals surface area contributed by atoms with Crippen LogP contribution in [0.1, 0.15) is 24.1 Å². The SMILES string of the molecule is COc1ccc(C(C)NC(=O)/C(C#N)=C\Nc2ccc(C#N)cc2)cc1. The molecular weight excluding hydrogens is 328 g/mol. The van der Waals surface area contributed by atoms with Gasteiger partial charge in [0.15, 0.2) is 0 Å². The maximum absolute atomic E-state index is 12.3. The Kier molecular flexibility index (Phi) is 6.36. The fourth-order valence-corrected chi connectivity index (χ4v) is 2.20. The first kappa shape index (κ1) is 18.6. The van der Waals surface area contributed by atoms with Crippen LogP contribution in [0.2, 0.25) is 0 Å². The van der Waals surface area contributed by atoms with Crippen molar-refractivity contribution in [2.75, 3.05) is 12.4 Å². The minimum absolute atomic E-state index is 0.0466. The van der Waals surface area contributed by atoms with Gasteiger partial charge in [-0.25, -0.2) is 0 Å². The minimum atomic E-state index is -0.475. The predicted molar refractivity (Wildman–Crippen MR) is 98.0 cm³/mol. The molecule has 6 nitrogen and oxygen atoms in total. The van der Waals surface area contributed by atoms with Crippen LogP contribution in [0, 0.1) is 22.7 Å². The van der Waals surface area contributed by atoms with Crippen LogP contribution in [0.15, 0.2) is 60.3 Å². The Hall–Kier alpha value is -3.77. The molecule has 26 heavy (non-hydrogen) atoms. The van der Waals surface area contributed by atoms with E-state index >= 15 is 0 Å². The van der Waals surface area contributed by atoms with Crippen LogP contribution in [0.5, 0.6) is 5.75 Å². The third kappa shape index (κ3) is 4.86. The van der Waals surface area contributed by atoms with E-state index in [1.54, 1.807) is 31.4 Å². The number of ether oxygens (including phenoxy) is 1. The molecule has 130 valence electrons. The molecule has 2 aromatic rings. The summed E-state index contributed by atoms with van der Waals surface area (Å²) in [6, 6.07) is 17.7. The Morgan fingerprint density at radius 3 is 2.31 bits per heavy atom. The Morgan fingerprint density at radius 1 is 1.12 bits per heavy atom. The van der Waals surface area contributed by atoms with Crippen LogP contribution in [0.4, 0.5) is 5.69 Å². The fraction of sp³-hybridized carbons (Fsp3) is 0.150. The van der Waals surface area contributed by atoms with Crippen molar-refractivity contribution in [1.29, 1.82) is 10.5 Å². The van der Waals surface area contributed by atoms with Gasteiger partial charge in [0.2, 0.25) is 0 Å². The molecule has 0 aliphatic carbocycles. The smallest absolute Gasteiger partial charge is 0.263 e. The molecule has 1 unspecified atom stereocenters. The van der Waals surface area contributed by atoms with Crippen molar-refractivity contribution in [2.24, 2.45) is 0 Å². The van der Waals surface area contributed by atoms with E-state index in [1.165, 1.54) is 6.20 Å². The highest BCUT2D eigenvalue weighted by Crippen LogP contribution is 2.17. The molecule has 0 saturated carbocycles. The summed E-state index contributed by atoms with van der Waals surface area (Å²) in [7, 11) is 1.59. The van der Waals surface area contributed by atoms with Crippen LogP contribution in [0.3, 0.4) is 0 Å². The quantitative estimate of drug-likeness (QED) is 0.618. The average molecular weight is 346 g/mol. The number of nitriles is 2. The van der Waals surface area contributed by atoms with Gasteiger partial charge in [0.05, 0.1) is 24.8 Å². The van der Waals surface area contributed by atoms with E-state index in [0.29, 0.717) is 11.3 Å². The van der Waals surface area contributed by atoms with Gasteiger partial charge in [0.1, 0.15) is 17.4 Å². The van der Waals surface area contributed by atoms with Crippen molar-refractivity contribution in [3.63, 3.8) is 0 Å². The number of nitrogens with one attached hydrogen (secondary N) is 2. The number of rotatable bonds is 6. The molecule has 2 aromatic carbocycles. The zero-order valence-corrected chi connectivity index (χ0v) is 14.5. The van der Waals surface area contributed by atoms with Crippen molar-refractivity contribution in [1.82, 2.24) is 5.32 Å². The Balaban J connectivity index is 2.02. The molecule has 0 saturated heterocycles. The highest BCUT2D eigenvalue weighted by molar-refractivity contribution is 5.97.